The number of hydrogen-bond acceptors (Lipinski definition) is 3. The number of amides is 2. The number of benzene rings is 2. The van der Waals surface area contributed by atoms with Crippen LogP contribution in [0.5, 0.6) is 5.75 Å². The highest BCUT2D eigenvalue weighted by Gasteiger charge is 2.08. The Morgan fingerprint density at radius 2 is 1.55 bits per heavy atom. The first kappa shape index (κ1) is 13.6. The maximum atomic E-state index is 11.2. The predicted octanol–water partition coefficient (Wildman–Crippen LogP) is 2.65. The molecule has 0 unspecified atom stereocenters. The molecule has 0 saturated carbocycles. The van der Waals surface area contributed by atoms with E-state index in [1.165, 1.54) is 24.0 Å². The summed E-state index contributed by atoms with van der Waals surface area (Å²) in [6, 6.07) is 13.2. The van der Waals surface area contributed by atoms with E-state index in [9.17, 15) is 14.7 Å². The molecule has 0 aliphatic carbocycles. The summed E-state index contributed by atoms with van der Waals surface area (Å²) in [6.45, 7) is 1.43. The van der Waals surface area contributed by atoms with Crippen molar-refractivity contribution in [2.45, 2.75) is 6.92 Å². The molecule has 0 heterocycles. The van der Waals surface area contributed by atoms with Crippen LogP contribution < -0.4 is 10.2 Å². The maximum absolute atomic E-state index is 11.2. The third-order valence-electron chi connectivity index (χ3n) is 2.70. The van der Waals surface area contributed by atoms with Gasteiger partial charge in [0.2, 0.25) is 12.3 Å². The van der Waals surface area contributed by atoms with Crippen LogP contribution in [0.2, 0.25) is 0 Å². The fraction of sp³-hybridized carbons (Fsp3) is 0.0667. The number of nitrogens with zero attached hydrogens (tertiary/aromatic N) is 1. The zero-order valence-corrected chi connectivity index (χ0v) is 10.9. The van der Waals surface area contributed by atoms with Gasteiger partial charge in [-0.15, -0.1) is 0 Å². The minimum Gasteiger partial charge on any atom is -0.508 e. The van der Waals surface area contributed by atoms with Gasteiger partial charge in [-0.2, -0.15) is 0 Å². The highest BCUT2D eigenvalue weighted by atomic mass is 16.3. The molecule has 5 heteroatoms. The Labute approximate surface area is 116 Å². The molecule has 0 radical (unpaired) electrons. The van der Waals surface area contributed by atoms with Crippen LogP contribution in [-0.4, -0.2) is 17.4 Å². The lowest BCUT2D eigenvalue weighted by Gasteiger charge is -2.18. The quantitative estimate of drug-likeness (QED) is 0.839. The van der Waals surface area contributed by atoms with Gasteiger partial charge in [0.1, 0.15) is 5.75 Å². The highest BCUT2D eigenvalue weighted by Crippen LogP contribution is 2.26. The summed E-state index contributed by atoms with van der Waals surface area (Å²) in [5.74, 6) is -0.0101. The van der Waals surface area contributed by atoms with Crippen molar-refractivity contribution in [3.05, 3.63) is 48.5 Å². The number of anilines is 3. The Morgan fingerprint density at radius 3 is 2.00 bits per heavy atom. The number of aromatic hydroxyl groups is 1. The molecule has 0 aromatic heterocycles. The molecule has 0 atom stereocenters. The molecule has 102 valence electrons. The zero-order chi connectivity index (χ0) is 14.5. The minimum absolute atomic E-state index is 0.139. The Balaban J connectivity index is 2.25. The molecule has 2 N–H and O–H groups in total. The number of carbonyl (C=O) groups excluding carboxylic acids is 2. The van der Waals surface area contributed by atoms with Crippen LogP contribution in [0.15, 0.2) is 48.5 Å². The summed E-state index contributed by atoms with van der Waals surface area (Å²) in [7, 11) is 0. The SMILES string of the molecule is CC(=O)Nc1ccc(N(C=O)c2ccc(O)cc2)cc1. The lowest BCUT2D eigenvalue weighted by Crippen LogP contribution is -2.14. The van der Waals surface area contributed by atoms with Crippen LogP contribution in [-0.2, 0) is 9.59 Å². The van der Waals surface area contributed by atoms with E-state index in [-0.39, 0.29) is 11.7 Å². The first-order valence-electron chi connectivity index (χ1n) is 6.01. The normalized spacial score (nSPS) is 9.85. The van der Waals surface area contributed by atoms with Crippen LogP contribution in [0.4, 0.5) is 17.1 Å². The number of nitrogens with one attached hydrogen (secondary N) is 1. The topological polar surface area (TPSA) is 69.6 Å². The van der Waals surface area contributed by atoms with E-state index < -0.39 is 0 Å². The fourth-order valence-electron chi connectivity index (χ4n) is 1.79. The Morgan fingerprint density at radius 1 is 1.05 bits per heavy atom. The molecule has 0 fully saturated rings. The van der Waals surface area contributed by atoms with Crippen molar-refractivity contribution < 1.29 is 14.7 Å². The summed E-state index contributed by atoms with van der Waals surface area (Å²) in [6.07, 6.45) is 0.694. The molecule has 5 nitrogen and oxygen atoms in total. The number of carbonyl (C=O) groups is 2. The Hall–Kier alpha value is -2.82. The summed E-state index contributed by atoms with van der Waals surface area (Å²) < 4.78 is 0. The third-order valence-corrected chi connectivity index (χ3v) is 2.70. The fourth-order valence-corrected chi connectivity index (χ4v) is 1.79. The molecular formula is C15H14N2O3. The van der Waals surface area contributed by atoms with Gasteiger partial charge in [-0.1, -0.05) is 0 Å². The second kappa shape index (κ2) is 5.88. The molecule has 0 aliphatic heterocycles. The summed E-state index contributed by atoms with van der Waals surface area (Å²) >= 11 is 0. The lowest BCUT2D eigenvalue weighted by molar-refractivity contribution is -0.114. The molecule has 2 amide bonds. The van der Waals surface area contributed by atoms with Crippen LogP contribution in [0.3, 0.4) is 0 Å². The van der Waals surface area contributed by atoms with Crippen molar-refractivity contribution in [2.24, 2.45) is 0 Å². The molecule has 0 spiro atoms. The predicted molar refractivity (Wildman–Crippen MR) is 77.1 cm³/mol. The second-order valence-corrected chi connectivity index (χ2v) is 4.22. The van der Waals surface area contributed by atoms with Crippen LogP contribution in [0, 0.1) is 0 Å². The van der Waals surface area contributed by atoms with Gasteiger partial charge in [0.15, 0.2) is 0 Å². The van der Waals surface area contributed by atoms with E-state index in [2.05, 4.69) is 5.32 Å². The van der Waals surface area contributed by atoms with E-state index in [0.29, 0.717) is 23.5 Å². The average Bonchev–Trinajstić information content (AvgIpc) is 2.43. The average molecular weight is 270 g/mol. The smallest absolute Gasteiger partial charge is 0.221 e. The third kappa shape index (κ3) is 3.14. The van der Waals surface area contributed by atoms with E-state index >= 15 is 0 Å². The lowest BCUT2D eigenvalue weighted by atomic mass is 10.2. The molecule has 2 rings (SSSR count). The van der Waals surface area contributed by atoms with Crippen molar-refractivity contribution in [3.8, 4) is 5.75 Å². The molecule has 2 aromatic rings. The van der Waals surface area contributed by atoms with Crippen molar-refractivity contribution in [3.63, 3.8) is 0 Å². The Bertz CT molecular complexity index is 606. The molecular weight excluding hydrogens is 256 g/mol. The van der Waals surface area contributed by atoms with E-state index in [0.717, 1.165) is 0 Å². The first-order chi connectivity index (χ1) is 9.60. The van der Waals surface area contributed by atoms with Gasteiger partial charge < -0.3 is 10.4 Å². The van der Waals surface area contributed by atoms with Crippen molar-refractivity contribution in [1.29, 1.82) is 0 Å². The number of phenolic OH excluding ortho intramolecular Hbond substituents is 1. The molecule has 2 aromatic carbocycles. The van der Waals surface area contributed by atoms with Gasteiger partial charge in [0.25, 0.3) is 0 Å². The van der Waals surface area contributed by atoms with Gasteiger partial charge in [-0.05, 0) is 48.5 Å². The monoisotopic (exact) mass is 270 g/mol. The van der Waals surface area contributed by atoms with Crippen LogP contribution in [0.1, 0.15) is 6.92 Å². The summed E-state index contributed by atoms with van der Waals surface area (Å²) in [4.78, 5) is 23.6. The minimum atomic E-state index is -0.150. The Kier molecular flexibility index (Phi) is 4.00. The summed E-state index contributed by atoms with van der Waals surface area (Å²) in [5, 5.41) is 11.9. The maximum Gasteiger partial charge on any atom is 0.221 e. The van der Waals surface area contributed by atoms with Crippen molar-refractivity contribution in [1.82, 2.24) is 0 Å². The van der Waals surface area contributed by atoms with Crippen LogP contribution >= 0.6 is 0 Å². The van der Waals surface area contributed by atoms with E-state index in [1.807, 2.05) is 0 Å². The van der Waals surface area contributed by atoms with Gasteiger partial charge in [-0.25, -0.2) is 0 Å². The van der Waals surface area contributed by atoms with Gasteiger partial charge in [0.05, 0.1) is 0 Å². The van der Waals surface area contributed by atoms with Crippen LogP contribution in [0.25, 0.3) is 0 Å². The first-order valence-corrected chi connectivity index (χ1v) is 6.01. The molecule has 20 heavy (non-hydrogen) atoms. The standard InChI is InChI=1S/C15H14N2O3/c1-11(19)16-12-2-4-13(5-3-12)17(10-18)14-6-8-15(20)9-7-14/h2-10,20H,1H3,(H,16,19). The van der Waals surface area contributed by atoms with Gasteiger partial charge in [0, 0.05) is 24.0 Å². The number of hydrogen-bond donors (Lipinski definition) is 2. The number of rotatable bonds is 4. The second-order valence-electron chi connectivity index (χ2n) is 4.22. The zero-order valence-electron chi connectivity index (χ0n) is 10.9. The van der Waals surface area contributed by atoms with Gasteiger partial charge >= 0.3 is 0 Å². The van der Waals surface area contributed by atoms with Gasteiger partial charge in [-0.3, -0.25) is 14.5 Å². The van der Waals surface area contributed by atoms with E-state index in [1.54, 1.807) is 36.4 Å². The van der Waals surface area contributed by atoms with Crippen molar-refractivity contribution in [2.75, 3.05) is 10.2 Å². The van der Waals surface area contributed by atoms with E-state index in [4.69, 9.17) is 0 Å². The molecule has 0 saturated heterocycles. The molecule has 0 aliphatic rings. The number of phenols is 1. The molecule has 0 bridgehead atoms. The summed E-state index contributed by atoms with van der Waals surface area (Å²) in [5.41, 5.74) is 1.97. The highest BCUT2D eigenvalue weighted by molar-refractivity contribution is 5.90. The van der Waals surface area contributed by atoms with Crippen molar-refractivity contribution >= 4 is 29.4 Å². The largest absolute Gasteiger partial charge is 0.508 e.